The minimum atomic E-state index is -1.62. The van der Waals surface area contributed by atoms with Crippen molar-refractivity contribution in [2.45, 2.75) is 12.8 Å². The molecule has 0 unspecified atom stereocenters. The van der Waals surface area contributed by atoms with Gasteiger partial charge in [-0.3, -0.25) is 19.7 Å². The number of carbonyl (C=O) groups excluding carboxylic acids is 2. The molecular formula is C21H18N4O6. The minimum absolute atomic E-state index is 0.000408. The van der Waals surface area contributed by atoms with Gasteiger partial charge in [0.1, 0.15) is 5.76 Å². The fraction of sp³-hybridized carbons (Fsp3) is 0.143. The SMILES string of the molecule is CCOC(=O)[C@@H](C(N)=O)c1nc2cc([N+](=O)[O-])ccc2nc1C=C(O)c1ccccc1. The van der Waals surface area contributed by atoms with Crippen molar-refractivity contribution in [3.8, 4) is 0 Å². The third-order valence-electron chi connectivity index (χ3n) is 4.34. The summed E-state index contributed by atoms with van der Waals surface area (Å²) >= 11 is 0. The van der Waals surface area contributed by atoms with Crippen molar-refractivity contribution in [2.75, 3.05) is 6.61 Å². The molecule has 3 rings (SSSR count). The molecule has 0 fully saturated rings. The Morgan fingerprint density at radius 1 is 1.19 bits per heavy atom. The number of hydrogen-bond donors (Lipinski definition) is 2. The Morgan fingerprint density at radius 3 is 2.52 bits per heavy atom. The van der Waals surface area contributed by atoms with Crippen LogP contribution in [-0.2, 0) is 14.3 Å². The van der Waals surface area contributed by atoms with Gasteiger partial charge in [0.15, 0.2) is 5.92 Å². The minimum Gasteiger partial charge on any atom is -0.507 e. The number of ether oxygens (including phenoxy) is 1. The third kappa shape index (κ3) is 4.64. The second kappa shape index (κ2) is 8.99. The summed E-state index contributed by atoms with van der Waals surface area (Å²) < 4.78 is 4.94. The quantitative estimate of drug-likeness (QED) is 0.193. The standard InChI is InChI=1S/C21H18N4O6/c1-2-31-21(28)18(20(22)27)19-16(11-17(26)12-6-4-3-5-7-12)23-14-9-8-13(25(29)30)10-15(14)24-19/h3-11,18,26H,2H2,1H3,(H2,22,27)/t18-/m1/s1. The lowest BCUT2D eigenvalue weighted by Crippen LogP contribution is -2.31. The zero-order valence-electron chi connectivity index (χ0n) is 16.4. The van der Waals surface area contributed by atoms with Gasteiger partial charge in [-0.05, 0) is 13.0 Å². The summed E-state index contributed by atoms with van der Waals surface area (Å²) in [6.45, 7) is 1.56. The number of fused-ring (bicyclic) bond motifs is 1. The molecule has 3 N–H and O–H groups in total. The number of hydrogen-bond acceptors (Lipinski definition) is 8. The maximum atomic E-state index is 12.4. The summed E-state index contributed by atoms with van der Waals surface area (Å²) in [6.07, 6.45) is 1.24. The molecule has 1 atom stereocenters. The number of amides is 1. The lowest BCUT2D eigenvalue weighted by molar-refractivity contribution is -0.384. The number of nitrogens with two attached hydrogens (primary N) is 1. The molecule has 1 amide bonds. The summed E-state index contributed by atoms with van der Waals surface area (Å²) in [5.74, 6) is -3.79. The first-order valence-electron chi connectivity index (χ1n) is 9.20. The smallest absolute Gasteiger partial charge is 0.324 e. The maximum Gasteiger partial charge on any atom is 0.324 e. The van der Waals surface area contributed by atoms with E-state index in [1.807, 2.05) is 0 Å². The van der Waals surface area contributed by atoms with Crippen molar-refractivity contribution in [2.24, 2.45) is 5.73 Å². The van der Waals surface area contributed by atoms with Crippen molar-refractivity contribution >= 4 is 40.4 Å². The predicted molar refractivity (Wildman–Crippen MR) is 112 cm³/mol. The van der Waals surface area contributed by atoms with Gasteiger partial charge in [0.25, 0.3) is 5.69 Å². The Kier molecular flexibility index (Phi) is 6.20. The molecule has 1 aromatic heterocycles. The van der Waals surface area contributed by atoms with Crippen LogP contribution in [0.2, 0.25) is 0 Å². The predicted octanol–water partition coefficient (Wildman–Crippen LogP) is 2.73. The number of aromatic nitrogens is 2. The first kappa shape index (κ1) is 21.4. The molecule has 0 radical (unpaired) electrons. The number of rotatable bonds is 7. The number of aliphatic hydroxyl groups is 1. The van der Waals surface area contributed by atoms with Gasteiger partial charge in [0, 0.05) is 23.8 Å². The zero-order valence-corrected chi connectivity index (χ0v) is 16.4. The van der Waals surface area contributed by atoms with E-state index in [2.05, 4.69) is 9.97 Å². The van der Waals surface area contributed by atoms with Crippen LogP contribution in [0.3, 0.4) is 0 Å². The Labute approximate surface area is 176 Å². The topological polar surface area (TPSA) is 159 Å². The molecule has 0 aliphatic rings. The Morgan fingerprint density at radius 2 is 1.90 bits per heavy atom. The lowest BCUT2D eigenvalue weighted by Gasteiger charge is -2.15. The molecule has 0 aliphatic carbocycles. The first-order valence-corrected chi connectivity index (χ1v) is 9.20. The van der Waals surface area contributed by atoms with E-state index < -0.39 is 22.7 Å². The third-order valence-corrected chi connectivity index (χ3v) is 4.34. The van der Waals surface area contributed by atoms with Crippen LogP contribution in [-0.4, -0.2) is 38.5 Å². The molecule has 0 saturated heterocycles. The summed E-state index contributed by atoms with van der Waals surface area (Å²) in [6, 6.07) is 12.3. The Bertz CT molecular complexity index is 1190. The monoisotopic (exact) mass is 422 g/mol. The second-order valence-electron chi connectivity index (χ2n) is 6.41. The van der Waals surface area contributed by atoms with Gasteiger partial charge in [-0.15, -0.1) is 0 Å². The average molecular weight is 422 g/mol. The van der Waals surface area contributed by atoms with Crippen molar-refractivity contribution in [3.63, 3.8) is 0 Å². The first-order chi connectivity index (χ1) is 14.8. The van der Waals surface area contributed by atoms with Crippen LogP contribution >= 0.6 is 0 Å². The van der Waals surface area contributed by atoms with E-state index in [1.165, 1.54) is 24.3 Å². The molecule has 10 heteroatoms. The van der Waals surface area contributed by atoms with Crippen LogP contribution in [0.25, 0.3) is 22.9 Å². The van der Waals surface area contributed by atoms with E-state index in [0.717, 1.165) is 0 Å². The molecule has 158 valence electrons. The lowest BCUT2D eigenvalue weighted by atomic mass is 10.0. The number of aliphatic hydroxyl groups excluding tert-OH is 1. The molecule has 0 aliphatic heterocycles. The number of primary amides is 1. The maximum absolute atomic E-state index is 12.4. The average Bonchev–Trinajstić information content (AvgIpc) is 2.74. The molecule has 1 heterocycles. The van der Waals surface area contributed by atoms with Gasteiger partial charge in [-0.1, -0.05) is 30.3 Å². The number of benzene rings is 2. The number of non-ortho nitro benzene ring substituents is 1. The van der Waals surface area contributed by atoms with E-state index in [9.17, 15) is 24.8 Å². The van der Waals surface area contributed by atoms with Crippen molar-refractivity contribution in [1.29, 1.82) is 0 Å². The van der Waals surface area contributed by atoms with E-state index in [0.29, 0.717) is 5.56 Å². The molecule has 31 heavy (non-hydrogen) atoms. The van der Waals surface area contributed by atoms with E-state index in [4.69, 9.17) is 10.5 Å². The number of nitro benzene ring substituents is 1. The van der Waals surface area contributed by atoms with Crippen LogP contribution in [0.4, 0.5) is 5.69 Å². The molecule has 0 saturated carbocycles. The van der Waals surface area contributed by atoms with Gasteiger partial charge in [-0.2, -0.15) is 0 Å². The number of esters is 1. The molecule has 0 spiro atoms. The zero-order chi connectivity index (χ0) is 22.5. The second-order valence-corrected chi connectivity index (χ2v) is 6.41. The molecule has 0 bridgehead atoms. The number of carbonyl (C=O) groups is 2. The van der Waals surface area contributed by atoms with Gasteiger partial charge in [0.2, 0.25) is 5.91 Å². The highest BCUT2D eigenvalue weighted by Crippen LogP contribution is 2.27. The molecule has 10 nitrogen and oxygen atoms in total. The molecular weight excluding hydrogens is 404 g/mol. The van der Waals surface area contributed by atoms with Crippen molar-refractivity contribution < 1.29 is 24.4 Å². The van der Waals surface area contributed by atoms with Gasteiger partial charge in [0.05, 0.1) is 34.0 Å². The summed E-state index contributed by atoms with van der Waals surface area (Å²) in [4.78, 5) is 43.6. The van der Waals surface area contributed by atoms with Gasteiger partial charge < -0.3 is 15.6 Å². The highest BCUT2D eigenvalue weighted by Gasteiger charge is 2.32. The van der Waals surface area contributed by atoms with E-state index >= 15 is 0 Å². The normalized spacial score (nSPS) is 12.4. The van der Waals surface area contributed by atoms with E-state index in [1.54, 1.807) is 37.3 Å². The Balaban J connectivity index is 2.26. The largest absolute Gasteiger partial charge is 0.507 e. The van der Waals surface area contributed by atoms with Crippen LogP contribution < -0.4 is 5.73 Å². The van der Waals surface area contributed by atoms with Crippen LogP contribution in [0.15, 0.2) is 48.5 Å². The van der Waals surface area contributed by atoms with Crippen LogP contribution in [0, 0.1) is 10.1 Å². The summed E-state index contributed by atoms with van der Waals surface area (Å²) in [5.41, 5.74) is 5.81. The highest BCUT2D eigenvalue weighted by molar-refractivity contribution is 6.03. The van der Waals surface area contributed by atoms with Crippen molar-refractivity contribution in [3.05, 3.63) is 75.6 Å². The number of nitrogens with zero attached hydrogens (tertiary/aromatic N) is 3. The summed E-state index contributed by atoms with van der Waals surface area (Å²) in [7, 11) is 0. The Hall–Kier alpha value is -4.34. The number of nitro groups is 1. The van der Waals surface area contributed by atoms with Crippen LogP contribution in [0.1, 0.15) is 29.8 Å². The molecule has 3 aromatic rings. The van der Waals surface area contributed by atoms with Gasteiger partial charge in [-0.25, -0.2) is 9.97 Å². The van der Waals surface area contributed by atoms with Crippen molar-refractivity contribution in [1.82, 2.24) is 9.97 Å². The summed E-state index contributed by atoms with van der Waals surface area (Å²) in [5, 5.41) is 21.6. The highest BCUT2D eigenvalue weighted by atomic mass is 16.6. The van der Waals surface area contributed by atoms with Crippen LogP contribution in [0.5, 0.6) is 0 Å². The fourth-order valence-corrected chi connectivity index (χ4v) is 2.91. The van der Waals surface area contributed by atoms with E-state index in [-0.39, 0.29) is 40.5 Å². The molecule has 2 aromatic carbocycles. The van der Waals surface area contributed by atoms with Gasteiger partial charge >= 0.3 is 5.97 Å². The fourth-order valence-electron chi connectivity index (χ4n) is 2.91.